The van der Waals surface area contributed by atoms with Crippen molar-refractivity contribution in [2.75, 3.05) is 58.8 Å². The lowest BCUT2D eigenvalue weighted by atomic mass is 10.0. The lowest BCUT2D eigenvalue weighted by molar-refractivity contribution is 0.155. The van der Waals surface area contributed by atoms with Gasteiger partial charge in [-0.1, -0.05) is 6.07 Å². The number of aromatic nitrogens is 2. The molecule has 0 saturated heterocycles. The average molecular weight is 440 g/mol. The van der Waals surface area contributed by atoms with E-state index in [9.17, 15) is 20.1 Å². The number of aliphatic hydroxyl groups excluding tert-OH is 2. The number of aliphatic hydroxyl groups is 2. The van der Waals surface area contributed by atoms with Gasteiger partial charge in [0, 0.05) is 43.8 Å². The van der Waals surface area contributed by atoms with E-state index in [1.165, 1.54) is 6.07 Å². The summed E-state index contributed by atoms with van der Waals surface area (Å²) in [6.07, 6.45) is 0. The van der Waals surface area contributed by atoms with E-state index in [4.69, 9.17) is 5.10 Å². The number of hydrogen-bond donors (Lipinski definition) is 4. The molecule has 0 aliphatic carbocycles. The first-order valence-corrected chi connectivity index (χ1v) is 10.7. The van der Waals surface area contributed by atoms with Crippen molar-refractivity contribution in [3.8, 4) is 5.75 Å². The first-order chi connectivity index (χ1) is 15.5. The van der Waals surface area contributed by atoms with Crippen molar-refractivity contribution in [3.63, 3.8) is 0 Å². The van der Waals surface area contributed by atoms with E-state index >= 15 is 0 Å². The van der Waals surface area contributed by atoms with Gasteiger partial charge in [-0.15, -0.1) is 0 Å². The van der Waals surface area contributed by atoms with Crippen molar-refractivity contribution in [1.82, 2.24) is 19.4 Å². The van der Waals surface area contributed by atoms with Crippen LogP contribution >= 0.6 is 0 Å². The lowest BCUT2D eigenvalue weighted by Crippen LogP contribution is -2.29. The van der Waals surface area contributed by atoms with Crippen LogP contribution in [0.25, 0.3) is 27.2 Å². The van der Waals surface area contributed by atoms with E-state index in [2.05, 4.69) is 10.2 Å². The van der Waals surface area contributed by atoms with Gasteiger partial charge in [0.25, 0.3) is 0 Å². The number of nitrogens with one attached hydrogen (secondary N) is 1. The highest BCUT2D eigenvalue weighted by Crippen LogP contribution is 2.40. The highest BCUT2D eigenvalue weighted by atomic mass is 16.3. The van der Waals surface area contributed by atoms with Crippen LogP contribution in [-0.4, -0.2) is 88.2 Å². The normalized spacial score (nSPS) is 12.2. The standard InChI is InChI=1S/C23H29N5O4/c1-26(2)9-8-24-16-7-6-15-17(14-27(10-12-29)11-13-30)25-28-18-4-3-5-19(31)21(18)23(32)20(16)22(15)28/h3-7,24,29-30,32H,8-14H2,1-2H3. The van der Waals surface area contributed by atoms with Crippen molar-refractivity contribution in [2.24, 2.45) is 0 Å². The predicted molar refractivity (Wildman–Crippen MR) is 126 cm³/mol. The molecule has 2 aromatic heterocycles. The molecule has 0 spiro atoms. The van der Waals surface area contributed by atoms with E-state index in [1.807, 2.05) is 31.1 Å². The van der Waals surface area contributed by atoms with Crippen molar-refractivity contribution in [1.29, 1.82) is 0 Å². The molecule has 2 aromatic carbocycles. The minimum absolute atomic E-state index is 0.0270. The Balaban J connectivity index is 1.95. The van der Waals surface area contributed by atoms with Gasteiger partial charge in [-0.25, -0.2) is 4.52 Å². The third-order valence-electron chi connectivity index (χ3n) is 5.71. The summed E-state index contributed by atoms with van der Waals surface area (Å²) in [6, 6.07) is 8.74. The van der Waals surface area contributed by atoms with Crippen LogP contribution in [0.3, 0.4) is 0 Å². The van der Waals surface area contributed by atoms with Gasteiger partial charge in [-0.3, -0.25) is 9.69 Å². The quantitative estimate of drug-likeness (QED) is 0.270. The zero-order chi connectivity index (χ0) is 22.8. The SMILES string of the molecule is CN(C)CCNc1ccc2c(CN(CCO)CCO)nn3c4cccc(=O)c4c(O)c1c23. The Morgan fingerprint density at radius 1 is 1.03 bits per heavy atom. The highest BCUT2D eigenvalue weighted by molar-refractivity contribution is 6.13. The molecule has 0 aliphatic rings. The first-order valence-electron chi connectivity index (χ1n) is 10.7. The van der Waals surface area contributed by atoms with Crippen molar-refractivity contribution >= 4 is 32.9 Å². The van der Waals surface area contributed by atoms with Crippen molar-refractivity contribution in [2.45, 2.75) is 6.54 Å². The minimum Gasteiger partial charge on any atom is -0.506 e. The topological polar surface area (TPSA) is 114 Å². The Labute approximate surface area is 185 Å². The number of anilines is 1. The molecule has 0 atom stereocenters. The summed E-state index contributed by atoms with van der Waals surface area (Å²) in [5.74, 6) is -0.0509. The largest absolute Gasteiger partial charge is 0.506 e. The number of aromatic hydroxyl groups is 1. The molecule has 170 valence electrons. The Morgan fingerprint density at radius 2 is 1.78 bits per heavy atom. The van der Waals surface area contributed by atoms with Crippen LogP contribution in [-0.2, 0) is 6.54 Å². The molecule has 0 radical (unpaired) electrons. The molecule has 0 unspecified atom stereocenters. The van der Waals surface area contributed by atoms with E-state index in [0.29, 0.717) is 37.1 Å². The van der Waals surface area contributed by atoms with Gasteiger partial charge in [0.2, 0.25) is 0 Å². The van der Waals surface area contributed by atoms with Crippen LogP contribution in [0, 0.1) is 0 Å². The maximum Gasteiger partial charge on any atom is 0.191 e. The van der Waals surface area contributed by atoms with Crippen molar-refractivity contribution in [3.05, 3.63) is 46.2 Å². The summed E-state index contributed by atoms with van der Waals surface area (Å²) >= 11 is 0. The predicted octanol–water partition coefficient (Wildman–Crippen LogP) is 0.904. The van der Waals surface area contributed by atoms with Gasteiger partial charge in [0.15, 0.2) is 5.43 Å². The molecule has 0 saturated carbocycles. The second kappa shape index (κ2) is 9.25. The number of benzene rings is 2. The van der Waals surface area contributed by atoms with Crippen LogP contribution in [0.15, 0.2) is 35.1 Å². The molecule has 0 bridgehead atoms. The zero-order valence-electron chi connectivity index (χ0n) is 18.4. The smallest absolute Gasteiger partial charge is 0.191 e. The Kier molecular flexibility index (Phi) is 6.43. The van der Waals surface area contributed by atoms with Crippen LogP contribution < -0.4 is 10.7 Å². The minimum atomic E-state index is -0.263. The molecular weight excluding hydrogens is 410 g/mol. The highest BCUT2D eigenvalue weighted by Gasteiger charge is 2.22. The second-order valence-corrected chi connectivity index (χ2v) is 8.20. The molecule has 9 heteroatoms. The van der Waals surface area contributed by atoms with Crippen LogP contribution in [0.5, 0.6) is 5.75 Å². The zero-order valence-corrected chi connectivity index (χ0v) is 18.4. The number of hydrogen-bond acceptors (Lipinski definition) is 8. The van der Waals surface area contributed by atoms with Gasteiger partial charge >= 0.3 is 0 Å². The molecule has 4 rings (SSSR count). The van der Waals surface area contributed by atoms with Gasteiger partial charge in [-0.05, 0) is 38.4 Å². The molecule has 32 heavy (non-hydrogen) atoms. The molecule has 0 fully saturated rings. The van der Waals surface area contributed by atoms with Crippen LogP contribution in [0.2, 0.25) is 0 Å². The molecule has 0 aliphatic heterocycles. The third kappa shape index (κ3) is 3.95. The fourth-order valence-corrected chi connectivity index (χ4v) is 4.18. The number of fused-ring (bicyclic) bond motifs is 2. The maximum absolute atomic E-state index is 12.7. The lowest BCUT2D eigenvalue weighted by Gasteiger charge is -2.18. The monoisotopic (exact) mass is 439 g/mol. The summed E-state index contributed by atoms with van der Waals surface area (Å²) in [5, 5.41) is 39.8. The molecular formula is C23H29N5O4. The summed E-state index contributed by atoms with van der Waals surface area (Å²) in [4.78, 5) is 16.6. The van der Waals surface area contributed by atoms with E-state index in [0.717, 1.165) is 28.8 Å². The molecule has 2 heterocycles. The fourth-order valence-electron chi connectivity index (χ4n) is 4.18. The van der Waals surface area contributed by atoms with Crippen LogP contribution in [0.4, 0.5) is 5.69 Å². The molecule has 9 nitrogen and oxygen atoms in total. The number of likely N-dealkylation sites (N-methyl/N-ethyl adjacent to an activating group) is 1. The van der Waals surface area contributed by atoms with Gasteiger partial charge in [-0.2, -0.15) is 5.10 Å². The maximum atomic E-state index is 12.7. The number of nitrogens with zero attached hydrogens (tertiary/aromatic N) is 4. The van der Waals surface area contributed by atoms with E-state index in [-0.39, 0.29) is 29.8 Å². The van der Waals surface area contributed by atoms with Crippen molar-refractivity contribution < 1.29 is 15.3 Å². The second-order valence-electron chi connectivity index (χ2n) is 8.20. The summed E-state index contributed by atoms with van der Waals surface area (Å²) in [5.41, 5.74) is 2.50. The van der Waals surface area contributed by atoms with E-state index in [1.54, 1.807) is 16.6 Å². The van der Waals surface area contributed by atoms with E-state index < -0.39 is 0 Å². The Bertz CT molecular complexity index is 1280. The Hall–Kier alpha value is -2.98. The summed E-state index contributed by atoms with van der Waals surface area (Å²) < 4.78 is 1.73. The van der Waals surface area contributed by atoms with Gasteiger partial charge < -0.3 is 25.5 Å². The number of rotatable bonds is 10. The number of pyridine rings is 1. The summed E-state index contributed by atoms with van der Waals surface area (Å²) in [6.45, 7) is 2.66. The van der Waals surface area contributed by atoms with Gasteiger partial charge in [0.1, 0.15) is 5.75 Å². The first kappa shape index (κ1) is 22.2. The summed E-state index contributed by atoms with van der Waals surface area (Å²) in [7, 11) is 3.98. The average Bonchev–Trinajstić information content (AvgIpc) is 3.11. The fraction of sp³-hybridized carbons (Fsp3) is 0.391. The van der Waals surface area contributed by atoms with Crippen LogP contribution in [0.1, 0.15) is 5.69 Å². The Morgan fingerprint density at radius 3 is 2.47 bits per heavy atom. The third-order valence-corrected chi connectivity index (χ3v) is 5.71. The molecule has 4 N–H and O–H groups in total. The van der Waals surface area contributed by atoms with Gasteiger partial charge in [0.05, 0.1) is 40.7 Å². The molecule has 0 amide bonds. The molecule has 4 aromatic rings.